The van der Waals surface area contributed by atoms with E-state index in [9.17, 15) is 12.8 Å². The standard InChI is InChI=1S/C27H33FN4O2S/c1-30(2)27-18-22-14-16-31(3)15-13-21(22)17-26(27)29-35(33,34)25-11-5-20(6-12-25)19-32(4)24-9-7-23(28)8-10-24/h5-12,17-18,29H,13-16,19H2,1-4H3. The number of fused-ring (bicyclic) bond motifs is 1. The number of benzene rings is 3. The second kappa shape index (κ2) is 10.3. The molecule has 0 atom stereocenters. The molecule has 0 saturated carbocycles. The van der Waals surface area contributed by atoms with E-state index < -0.39 is 10.0 Å². The number of nitrogens with one attached hydrogen (secondary N) is 1. The Labute approximate surface area is 208 Å². The maximum Gasteiger partial charge on any atom is 0.261 e. The highest BCUT2D eigenvalue weighted by molar-refractivity contribution is 7.92. The highest BCUT2D eigenvalue weighted by Gasteiger charge is 2.20. The van der Waals surface area contributed by atoms with E-state index in [0.29, 0.717) is 12.2 Å². The lowest BCUT2D eigenvalue weighted by atomic mass is 10.0. The predicted octanol–water partition coefficient (Wildman–Crippen LogP) is 4.36. The Morgan fingerprint density at radius 1 is 0.914 bits per heavy atom. The first-order valence-corrected chi connectivity index (χ1v) is 13.2. The minimum atomic E-state index is -3.76. The molecule has 6 nitrogen and oxygen atoms in total. The molecule has 8 heteroatoms. The number of hydrogen-bond donors (Lipinski definition) is 1. The van der Waals surface area contributed by atoms with Gasteiger partial charge in [-0.05, 0) is 85.1 Å². The molecule has 1 N–H and O–H groups in total. The number of hydrogen-bond acceptors (Lipinski definition) is 5. The van der Waals surface area contributed by atoms with Crippen LogP contribution in [-0.2, 0) is 29.4 Å². The monoisotopic (exact) mass is 496 g/mol. The molecule has 0 radical (unpaired) electrons. The molecule has 1 aliphatic rings. The predicted molar refractivity (Wildman–Crippen MR) is 141 cm³/mol. The van der Waals surface area contributed by atoms with Gasteiger partial charge in [-0.15, -0.1) is 0 Å². The number of rotatable bonds is 7. The van der Waals surface area contributed by atoms with Crippen LogP contribution in [0.5, 0.6) is 0 Å². The summed E-state index contributed by atoms with van der Waals surface area (Å²) in [5, 5.41) is 0. The third kappa shape index (κ3) is 5.94. The van der Waals surface area contributed by atoms with Crippen LogP contribution in [0, 0.1) is 5.82 Å². The summed E-state index contributed by atoms with van der Waals surface area (Å²) < 4.78 is 42.6. The molecule has 0 spiro atoms. The van der Waals surface area contributed by atoms with Gasteiger partial charge in [0.15, 0.2) is 0 Å². The number of nitrogens with zero attached hydrogens (tertiary/aromatic N) is 3. The summed E-state index contributed by atoms with van der Waals surface area (Å²) in [6.07, 6.45) is 1.85. The minimum absolute atomic E-state index is 0.213. The summed E-state index contributed by atoms with van der Waals surface area (Å²) in [4.78, 5) is 6.44. The molecule has 0 fully saturated rings. The fourth-order valence-corrected chi connectivity index (χ4v) is 5.43. The zero-order valence-electron chi connectivity index (χ0n) is 20.8. The van der Waals surface area contributed by atoms with Gasteiger partial charge in [-0.2, -0.15) is 0 Å². The maximum absolute atomic E-state index is 13.3. The summed E-state index contributed by atoms with van der Waals surface area (Å²) in [6, 6.07) is 17.3. The molecule has 0 aliphatic carbocycles. The molecular formula is C27H33FN4O2S. The van der Waals surface area contributed by atoms with Crippen LogP contribution < -0.4 is 14.5 Å². The van der Waals surface area contributed by atoms with Crippen LogP contribution in [0.1, 0.15) is 16.7 Å². The average molecular weight is 497 g/mol. The quantitative estimate of drug-likeness (QED) is 0.527. The van der Waals surface area contributed by atoms with Gasteiger partial charge in [-0.25, -0.2) is 12.8 Å². The number of anilines is 3. The van der Waals surface area contributed by atoms with Gasteiger partial charge in [0.2, 0.25) is 0 Å². The first-order chi connectivity index (χ1) is 16.6. The number of halogens is 1. The van der Waals surface area contributed by atoms with Crippen molar-refractivity contribution in [2.75, 3.05) is 55.8 Å². The Morgan fingerprint density at radius 3 is 2.11 bits per heavy atom. The van der Waals surface area contributed by atoms with Gasteiger partial charge in [-0.3, -0.25) is 4.72 Å². The van der Waals surface area contributed by atoms with Crippen molar-refractivity contribution >= 4 is 27.1 Å². The fraction of sp³-hybridized carbons (Fsp3) is 0.333. The van der Waals surface area contributed by atoms with E-state index in [4.69, 9.17) is 0 Å². The summed E-state index contributed by atoms with van der Waals surface area (Å²) in [7, 11) is 4.12. The van der Waals surface area contributed by atoms with Gasteiger partial charge in [-0.1, -0.05) is 12.1 Å². The van der Waals surface area contributed by atoms with Crippen molar-refractivity contribution in [3.8, 4) is 0 Å². The van der Waals surface area contributed by atoms with Crippen LogP contribution in [0.15, 0.2) is 65.6 Å². The second-order valence-corrected chi connectivity index (χ2v) is 11.1. The third-order valence-corrected chi connectivity index (χ3v) is 7.87. The van der Waals surface area contributed by atoms with Crippen molar-refractivity contribution in [2.45, 2.75) is 24.3 Å². The minimum Gasteiger partial charge on any atom is -0.376 e. The maximum atomic E-state index is 13.3. The van der Waals surface area contributed by atoms with Crippen molar-refractivity contribution in [1.82, 2.24) is 4.90 Å². The first-order valence-electron chi connectivity index (χ1n) is 11.7. The molecule has 0 aromatic heterocycles. The fourth-order valence-electron chi connectivity index (χ4n) is 4.37. The first kappa shape index (κ1) is 25.0. The summed E-state index contributed by atoms with van der Waals surface area (Å²) in [5.74, 6) is -0.275. The Balaban J connectivity index is 1.53. The molecule has 0 amide bonds. The van der Waals surface area contributed by atoms with Gasteiger partial charge >= 0.3 is 0 Å². The second-order valence-electron chi connectivity index (χ2n) is 9.42. The van der Waals surface area contributed by atoms with Crippen LogP contribution >= 0.6 is 0 Å². The molecule has 35 heavy (non-hydrogen) atoms. The average Bonchev–Trinajstić information content (AvgIpc) is 3.00. The summed E-state index contributed by atoms with van der Waals surface area (Å²) >= 11 is 0. The lowest BCUT2D eigenvalue weighted by Gasteiger charge is -2.22. The van der Waals surface area contributed by atoms with Gasteiger partial charge in [0.05, 0.1) is 16.3 Å². The largest absolute Gasteiger partial charge is 0.376 e. The molecule has 0 unspecified atom stereocenters. The van der Waals surface area contributed by atoms with E-state index in [1.165, 1.54) is 23.3 Å². The van der Waals surface area contributed by atoms with E-state index >= 15 is 0 Å². The van der Waals surface area contributed by atoms with Gasteiger partial charge in [0.25, 0.3) is 10.0 Å². The van der Waals surface area contributed by atoms with Crippen LogP contribution in [0.3, 0.4) is 0 Å². The van der Waals surface area contributed by atoms with E-state index in [1.54, 1.807) is 24.3 Å². The molecule has 0 bridgehead atoms. The van der Waals surface area contributed by atoms with Crippen molar-refractivity contribution in [1.29, 1.82) is 0 Å². The SMILES string of the molecule is CN1CCc2cc(NS(=O)(=O)c3ccc(CN(C)c4ccc(F)cc4)cc3)c(N(C)C)cc2CC1. The Kier molecular flexibility index (Phi) is 7.33. The zero-order chi connectivity index (χ0) is 25.2. The Hall–Kier alpha value is -3.10. The highest BCUT2D eigenvalue weighted by Crippen LogP contribution is 2.32. The van der Waals surface area contributed by atoms with Crippen molar-refractivity contribution in [3.05, 3.63) is 83.2 Å². The van der Waals surface area contributed by atoms with Gasteiger partial charge in [0, 0.05) is 46.5 Å². The van der Waals surface area contributed by atoms with Crippen molar-refractivity contribution < 1.29 is 12.8 Å². The molecule has 1 aliphatic heterocycles. The summed E-state index contributed by atoms with van der Waals surface area (Å²) in [5.41, 5.74) is 5.76. The topological polar surface area (TPSA) is 55.9 Å². The van der Waals surface area contributed by atoms with E-state index in [2.05, 4.69) is 22.7 Å². The number of sulfonamides is 1. The van der Waals surface area contributed by atoms with Crippen LogP contribution in [0.25, 0.3) is 0 Å². The van der Waals surface area contributed by atoms with Crippen LogP contribution in [0.4, 0.5) is 21.5 Å². The van der Waals surface area contributed by atoms with E-state index in [0.717, 1.165) is 42.9 Å². The van der Waals surface area contributed by atoms with Crippen molar-refractivity contribution in [2.24, 2.45) is 0 Å². The third-order valence-electron chi connectivity index (χ3n) is 6.49. The number of likely N-dealkylation sites (N-methyl/N-ethyl adjacent to an activating group) is 1. The zero-order valence-corrected chi connectivity index (χ0v) is 21.6. The highest BCUT2D eigenvalue weighted by atomic mass is 32.2. The molecule has 3 aromatic carbocycles. The molecule has 0 saturated heterocycles. The van der Waals surface area contributed by atoms with E-state index in [-0.39, 0.29) is 10.7 Å². The van der Waals surface area contributed by atoms with Crippen LogP contribution in [-0.4, -0.2) is 54.6 Å². The molecule has 186 valence electrons. The lowest BCUT2D eigenvalue weighted by Crippen LogP contribution is -2.20. The smallest absolute Gasteiger partial charge is 0.261 e. The Bertz CT molecular complexity index is 1280. The van der Waals surface area contributed by atoms with Crippen LogP contribution in [0.2, 0.25) is 0 Å². The van der Waals surface area contributed by atoms with Gasteiger partial charge < -0.3 is 14.7 Å². The Morgan fingerprint density at radius 2 is 1.51 bits per heavy atom. The lowest BCUT2D eigenvalue weighted by molar-refractivity contribution is 0.352. The molecule has 4 rings (SSSR count). The normalized spacial score (nSPS) is 14.2. The van der Waals surface area contributed by atoms with E-state index in [1.807, 2.05) is 49.1 Å². The molecule has 3 aromatic rings. The molecular weight excluding hydrogens is 463 g/mol. The van der Waals surface area contributed by atoms with Gasteiger partial charge in [0.1, 0.15) is 5.82 Å². The molecule has 1 heterocycles. The summed E-state index contributed by atoms with van der Waals surface area (Å²) in [6.45, 7) is 2.52. The van der Waals surface area contributed by atoms with Crippen molar-refractivity contribution in [3.63, 3.8) is 0 Å².